The summed E-state index contributed by atoms with van der Waals surface area (Å²) in [4.78, 5) is 19.7. The largest absolute Gasteiger partial charge is 0.342 e. The summed E-state index contributed by atoms with van der Waals surface area (Å²) in [5, 5.41) is 0. The van der Waals surface area contributed by atoms with E-state index >= 15 is 0 Å². The number of piperazine rings is 1. The van der Waals surface area contributed by atoms with Gasteiger partial charge in [0, 0.05) is 39.3 Å². The second-order valence-electron chi connectivity index (χ2n) is 9.99. The predicted molar refractivity (Wildman–Crippen MR) is 106 cm³/mol. The van der Waals surface area contributed by atoms with Gasteiger partial charge in [-0.2, -0.15) is 0 Å². The molecule has 2 aliphatic heterocycles. The summed E-state index contributed by atoms with van der Waals surface area (Å²) in [7, 11) is 0. The summed E-state index contributed by atoms with van der Waals surface area (Å²) in [6.07, 6.45) is 3.54. The van der Waals surface area contributed by atoms with Gasteiger partial charge in [-0.25, -0.2) is 0 Å². The van der Waals surface area contributed by atoms with Crippen LogP contribution in [0.1, 0.15) is 60.8 Å². The Hall–Kier alpha value is -0.610. The van der Waals surface area contributed by atoms with Crippen LogP contribution in [0.15, 0.2) is 0 Å². The molecule has 25 heavy (non-hydrogen) atoms. The Morgan fingerprint density at radius 1 is 0.960 bits per heavy atom. The van der Waals surface area contributed by atoms with Crippen molar-refractivity contribution in [1.82, 2.24) is 14.7 Å². The summed E-state index contributed by atoms with van der Waals surface area (Å²) in [5.74, 6) is 1.11. The SMILES string of the molecule is CC(C)CCN1CCN(CC(=O)N2CCC(C)(C(C)(C)C)CC2)CC1. The maximum atomic E-state index is 12.7. The van der Waals surface area contributed by atoms with Gasteiger partial charge >= 0.3 is 0 Å². The predicted octanol–water partition coefficient (Wildman–Crippen LogP) is 3.32. The molecule has 2 heterocycles. The third kappa shape index (κ3) is 5.68. The van der Waals surface area contributed by atoms with E-state index in [0.717, 1.165) is 58.0 Å². The number of piperidine rings is 1. The van der Waals surface area contributed by atoms with Crippen LogP contribution in [0.5, 0.6) is 0 Å². The number of hydrogen-bond acceptors (Lipinski definition) is 3. The van der Waals surface area contributed by atoms with Gasteiger partial charge in [-0.15, -0.1) is 0 Å². The molecule has 2 aliphatic rings. The number of rotatable bonds is 5. The van der Waals surface area contributed by atoms with E-state index in [0.29, 0.717) is 23.3 Å². The summed E-state index contributed by atoms with van der Waals surface area (Å²) in [6.45, 7) is 22.0. The molecule has 0 aromatic rings. The molecule has 0 bridgehead atoms. The van der Waals surface area contributed by atoms with Crippen LogP contribution in [0.2, 0.25) is 0 Å². The van der Waals surface area contributed by atoms with E-state index in [1.165, 1.54) is 13.0 Å². The van der Waals surface area contributed by atoms with E-state index in [4.69, 9.17) is 0 Å². The van der Waals surface area contributed by atoms with Crippen molar-refractivity contribution >= 4 is 5.91 Å². The van der Waals surface area contributed by atoms with Crippen molar-refractivity contribution in [2.24, 2.45) is 16.7 Å². The Morgan fingerprint density at radius 2 is 1.48 bits per heavy atom. The van der Waals surface area contributed by atoms with Crippen LogP contribution in [0.25, 0.3) is 0 Å². The van der Waals surface area contributed by atoms with Crippen LogP contribution in [-0.2, 0) is 4.79 Å². The fourth-order valence-electron chi connectivity index (χ4n) is 3.90. The van der Waals surface area contributed by atoms with Crippen LogP contribution in [0, 0.1) is 16.7 Å². The van der Waals surface area contributed by atoms with Gasteiger partial charge in [0.15, 0.2) is 0 Å². The molecular formula is C21H41N3O. The molecule has 0 aromatic heterocycles. The Kier molecular flexibility index (Phi) is 6.94. The van der Waals surface area contributed by atoms with Gasteiger partial charge in [0.1, 0.15) is 0 Å². The number of amides is 1. The lowest BCUT2D eigenvalue weighted by atomic mass is 9.63. The minimum Gasteiger partial charge on any atom is -0.342 e. The Labute approximate surface area is 155 Å². The van der Waals surface area contributed by atoms with Crippen LogP contribution >= 0.6 is 0 Å². The van der Waals surface area contributed by atoms with Crippen molar-refractivity contribution in [3.8, 4) is 0 Å². The van der Waals surface area contributed by atoms with Gasteiger partial charge in [-0.05, 0) is 42.6 Å². The number of carbonyl (C=O) groups excluding carboxylic acids is 1. The van der Waals surface area contributed by atoms with Crippen molar-refractivity contribution in [3.63, 3.8) is 0 Å². The van der Waals surface area contributed by atoms with E-state index in [-0.39, 0.29) is 0 Å². The first-order valence-corrected chi connectivity index (χ1v) is 10.3. The molecule has 0 spiro atoms. The minimum absolute atomic E-state index is 0.314. The Morgan fingerprint density at radius 3 is 1.96 bits per heavy atom. The van der Waals surface area contributed by atoms with Gasteiger partial charge in [0.25, 0.3) is 0 Å². The monoisotopic (exact) mass is 351 g/mol. The van der Waals surface area contributed by atoms with Gasteiger partial charge < -0.3 is 9.80 Å². The highest BCUT2D eigenvalue weighted by molar-refractivity contribution is 5.78. The fourth-order valence-corrected chi connectivity index (χ4v) is 3.90. The van der Waals surface area contributed by atoms with Gasteiger partial charge in [0.2, 0.25) is 5.91 Å². The lowest BCUT2D eigenvalue weighted by Crippen LogP contribution is -2.52. The lowest BCUT2D eigenvalue weighted by molar-refractivity contribution is -0.136. The second-order valence-corrected chi connectivity index (χ2v) is 9.99. The normalized spacial score (nSPS) is 23.2. The molecule has 1 amide bonds. The zero-order chi connectivity index (χ0) is 18.7. The molecule has 4 heteroatoms. The van der Waals surface area contributed by atoms with Gasteiger partial charge in [0.05, 0.1) is 6.54 Å². The number of carbonyl (C=O) groups is 1. The zero-order valence-corrected chi connectivity index (χ0v) is 17.6. The number of likely N-dealkylation sites (tertiary alicyclic amines) is 1. The zero-order valence-electron chi connectivity index (χ0n) is 17.6. The highest BCUT2D eigenvalue weighted by Crippen LogP contribution is 2.46. The van der Waals surface area contributed by atoms with E-state index in [1.54, 1.807) is 0 Å². The molecule has 0 saturated carbocycles. The molecule has 0 aromatic carbocycles. The Bertz CT molecular complexity index is 425. The van der Waals surface area contributed by atoms with Crippen LogP contribution in [0.3, 0.4) is 0 Å². The molecule has 0 radical (unpaired) electrons. The molecule has 4 nitrogen and oxygen atoms in total. The van der Waals surface area contributed by atoms with Crippen LogP contribution < -0.4 is 0 Å². The molecular weight excluding hydrogens is 310 g/mol. The maximum absolute atomic E-state index is 12.7. The molecule has 0 atom stereocenters. The van der Waals surface area contributed by atoms with Gasteiger partial charge in [-0.1, -0.05) is 41.5 Å². The molecule has 2 rings (SSSR count). The van der Waals surface area contributed by atoms with Crippen molar-refractivity contribution in [2.45, 2.75) is 60.8 Å². The molecule has 2 fully saturated rings. The summed E-state index contributed by atoms with van der Waals surface area (Å²) >= 11 is 0. The van der Waals surface area contributed by atoms with Crippen LogP contribution in [-0.4, -0.2) is 73.0 Å². The van der Waals surface area contributed by atoms with Crippen molar-refractivity contribution in [3.05, 3.63) is 0 Å². The molecule has 0 unspecified atom stereocenters. The summed E-state index contributed by atoms with van der Waals surface area (Å²) in [5.41, 5.74) is 0.667. The smallest absolute Gasteiger partial charge is 0.236 e. The third-order valence-corrected chi connectivity index (χ3v) is 6.88. The second kappa shape index (κ2) is 8.39. The number of hydrogen-bond donors (Lipinski definition) is 0. The van der Waals surface area contributed by atoms with Crippen LogP contribution in [0.4, 0.5) is 0 Å². The first kappa shape index (κ1) is 20.7. The molecule has 0 N–H and O–H groups in total. The average molecular weight is 352 g/mol. The van der Waals surface area contributed by atoms with Gasteiger partial charge in [-0.3, -0.25) is 9.69 Å². The van der Waals surface area contributed by atoms with E-state index in [2.05, 4.69) is 56.2 Å². The molecule has 2 saturated heterocycles. The van der Waals surface area contributed by atoms with E-state index in [1.807, 2.05) is 0 Å². The molecule has 146 valence electrons. The minimum atomic E-state index is 0.314. The van der Waals surface area contributed by atoms with Crippen molar-refractivity contribution < 1.29 is 4.79 Å². The number of nitrogens with zero attached hydrogens (tertiary/aromatic N) is 3. The first-order chi connectivity index (χ1) is 11.6. The molecule has 0 aliphatic carbocycles. The Balaban J connectivity index is 1.72. The highest BCUT2D eigenvalue weighted by Gasteiger charge is 2.40. The maximum Gasteiger partial charge on any atom is 0.236 e. The van der Waals surface area contributed by atoms with E-state index < -0.39 is 0 Å². The lowest BCUT2D eigenvalue weighted by Gasteiger charge is -2.48. The quantitative estimate of drug-likeness (QED) is 0.760. The summed E-state index contributed by atoms with van der Waals surface area (Å²) in [6, 6.07) is 0. The first-order valence-electron chi connectivity index (χ1n) is 10.3. The van der Waals surface area contributed by atoms with Crippen molar-refractivity contribution in [1.29, 1.82) is 0 Å². The third-order valence-electron chi connectivity index (χ3n) is 6.88. The average Bonchev–Trinajstić information content (AvgIpc) is 2.53. The van der Waals surface area contributed by atoms with Crippen molar-refractivity contribution in [2.75, 3.05) is 52.4 Å². The van der Waals surface area contributed by atoms with E-state index in [9.17, 15) is 4.79 Å². The topological polar surface area (TPSA) is 26.8 Å². The fraction of sp³-hybridized carbons (Fsp3) is 0.952. The standard InChI is InChI=1S/C21H41N3O/c1-18(2)7-10-22-13-15-23(16-14-22)17-19(25)24-11-8-21(6,9-12-24)20(3,4)5/h18H,7-17H2,1-6H3. The highest BCUT2D eigenvalue weighted by atomic mass is 16.2. The summed E-state index contributed by atoms with van der Waals surface area (Å²) < 4.78 is 0.